The molecular formula is C22H36N4O3S. The number of rotatable bonds is 7. The Kier molecular flexibility index (Phi) is 7.90. The molecule has 30 heavy (non-hydrogen) atoms. The number of carbonyl (C=O) groups excluding carboxylic acids is 1. The fourth-order valence-corrected chi connectivity index (χ4v) is 5.82. The minimum atomic E-state index is -3.45. The molecule has 2 heterocycles. The van der Waals surface area contributed by atoms with E-state index in [9.17, 15) is 13.2 Å². The van der Waals surface area contributed by atoms with Crippen molar-refractivity contribution in [2.24, 2.45) is 0 Å². The number of hydrogen-bond donors (Lipinski definition) is 2. The number of piperidine rings is 2. The number of sulfonamides is 1. The first-order valence-electron chi connectivity index (χ1n) is 11.2. The smallest absolute Gasteiger partial charge is 0.243 e. The summed E-state index contributed by atoms with van der Waals surface area (Å²) in [5.41, 5.74) is 0.626. The molecule has 168 valence electrons. The number of hydrogen-bond acceptors (Lipinski definition) is 5. The van der Waals surface area contributed by atoms with Gasteiger partial charge in [-0.2, -0.15) is 4.31 Å². The molecule has 8 heteroatoms. The zero-order chi connectivity index (χ0) is 21.7. The molecule has 0 spiro atoms. The van der Waals surface area contributed by atoms with Crippen molar-refractivity contribution in [1.29, 1.82) is 0 Å². The van der Waals surface area contributed by atoms with Gasteiger partial charge in [-0.05, 0) is 56.9 Å². The zero-order valence-electron chi connectivity index (χ0n) is 18.4. The molecule has 0 aromatic heterocycles. The van der Waals surface area contributed by atoms with Crippen LogP contribution >= 0.6 is 0 Å². The molecular weight excluding hydrogens is 400 g/mol. The third kappa shape index (κ3) is 5.81. The van der Waals surface area contributed by atoms with Crippen molar-refractivity contribution < 1.29 is 13.2 Å². The summed E-state index contributed by atoms with van der Waals surface area (Å²) < 4.78 is 27.1. The first-order chi connectivity index (χ1) is 14.3. The quantitative estimate of drug-likeness (QED) is 0.687. The predicted octanol–water partition coefficient (Wildman–Crippen LogP) is 2.65. The minimum absolute atomic E-state index is 0.0584. The summed E-state index contributed by atoms with van der Waals surface area (Å²) in [5, 5.41) is 6.51. The number of nitrogens with zero attached hydrogens (tertiary/aromatic N) is 2. The zero-order valence-corrected chi connectivity index (χ0v) is 19.2. The summed E-state index contributed by atoms with van der Waals surface area (Å²) in [5.74, 6) is -0.0584. The highest BCUT2D eigenvalue weighted by Crippen LogP contribution is 2.22. The van der Waals surface area contributed by atoms with Crippen LogP contribution in [-0.4, -0.2) is 67.8 Å². The molecule has 1 aromatic rings. The van der Waals surface area contributed by atoms with Crippen LogP contribution in [0.2, 0.25) is 0 Å². The molecule has 1 aromatic carbocycles. The Hall–Kier alpha value is -1.48. The molecule has 1 unspecified atom stereocenters. The van der Waals surface area contributed by atoms with Crippen LogP contribution < -0.4 is 10.6 Å². The molecule has 2 aliphatic heterocycles. The second kappa shape index (κ2) is 10.2. The molecule has 2 saturated heterocycles. The van der Waals surface area contributed by atoms with Crippen molar-refractivity contribution in [1.82, 2.24) is 14.5 Å². The van der Waals surface area contributed by atoms with Crippen LogP contribution in [0.3, 0.4) is 0 Å². The van der Waals surface area contributed by atoms with E-state index in [-0.39, 0.29) is 16.8 Å². The summed E-state index contributed by atoms with van der Waals surface area (Å²) in [6.07, 6.45) is 4.99. The minimum Gasteiger partial charge on any atom is -0.325 e. The molecule has 3 rings (SSSR count). The first kappa shape index (κ1) is 23.2. The van der Waals surface area contributed by atoms with Crippen molar-refractivity contribution in [2.45, 2.75) is 75.9 Å². The summed E-state index contributed by atoms with van der Waals surface area (Å²) >= 11 is 0. The van der Waals surface area contributed by atoms with E-state index < -0.39 is 10.0 Å². The first-order valence-corrected chi connectivity index (χ1v) is 12.6. The van der Waals surface area contributed by atoms with Gasteiger partial charge in [0.05, 0.1) is 10.9 Å². The highest BCUT2D eigenvalue weighted by atomic mass is 32.2. The Morgan fingerprint density at radius 3 is 2.13 bits per heavy atom. The van der Waals surface area contributed by atoms with Crippen LogP contribution in [-0.2, 0) is 14.8 Å². The average molecular weight is 437 g/mol. The molecule has 0 saturated carbocycles. The van der Waals surface area contributed by atoms with Crippen LogP contribution in [0.5, 0.6) is 0 Å². The van der Waals surface area contributed by atoms with Gasteiger partial charge in [0, 0.05) is 44.0 Å². The maximum atomic E-state index is 12.8. The van der Waals surface area contributed by atoms with Crippen molar-refractivity contribution in [3.8, 4) is 0 Å². The van der Waals surface area contributed by atoms with E-state index in [0.717, 1.165) is 45.2 Å². The van der Waals surface area contributed by atoms with Gasteiger partial charge in [-0.3, -0.25) is 9.69 Å². The summed E-state index contributed by atoms with van der Waals surface area (Å²) in [6, 6.07) is 7.32. The Morgan fingerprint density at radius 1 is 0.967 bits per heavy atom. The number of anilines is 1. The lowest BCUT2D eigenvalue weighted by Crippen LogP contribution is -2.50. The lowest BCUT2D eigenvalue weighted by Gasteiger charge is -2.36. The number of nitrogens with one attached hydrogen (secondary N) is 2. The Labute approximate surface area is 181 Å². The van der Waals surface area contributed by atoms with Crippen molar-refractivity contribution in [2.75, 3.05) is 31.5 Å². The predicted molar refractivity (Wildman–Crippen MR) is 120 cm³/mol. The summed E-state index contributed by atoms with van der Waals surface area (Å²) in [4.78, 5) is 15.2. The fourth-order valence-electron chi connectivity index (χ4n) is 4.30. The Balaban J connectivity index is 1.54. The Bertz CT molecular complexity index is 796. The largest absolute Gasteiger partial charge is 0.325 e. The third-order valence-corrected chi connectivity index (χ3v) is 8.01. The molecule has 7 nitrogen and oxygen atoms in total. The summed E-state index contributed by atoms with van der Waals surface area (Å²) in [7, 11) is -3.45. The van der Waals surface area contributed by atoms with Gasteiger partial charge in [0.2, 0.25) is 15.9 Å². The van der Waals surface area contributed by atoms with Gasteiger partial charge in [0.1, 0.15) is 0 Å². The number of amides is 1. The van der Waals surface area contributed by atoms with Gasteiger partial charge in [-0.15, -0.1) is 0 Å². The van der Waals surface area contributed by atoms with Crippen LogP contribution in [0.1, 0.15) is 52.9 Å². The van der Waals surface area contributed by atoms with Crippen LogP contribution in [0.25, 0.3) is 0 Å². The molecule has 2 fully saturated rings. The van der Waals surface area contributed by atoms with Crippen molar-refractivity contribution >= 4 is 21.6 Å². The van der Waals surface area contributed by atoms with Gasteiger partial charge in [-0.1, -0.05) is 20.3 Å². The average Bonchev–Trinajstić information content (AvgIpc) is 2.74. The molecule has 2 aliphatic rings. The standard InChI is InChI=1S/C22H36N4O3S/c1-17(2)23-20-11-15-25(16-12-20)18(3)22(27)24-19-7-9-21(10-8-19)30(28,29)26-13-5-4-6-14-26/h7-10,17-18,20,23H,4-6,11-16H2,1-3H3,(H,24,27). The normalized spacial score (nSPS) is 20.9. The van der Waals surface area contributed by atoms with E-state index >= 15 is 0 Å². The maximum absolute atomic E-state index is 12.8. The highest BCUT2D eigenvalue weighted by molar-refractivity contribution is 7.89. The fraction of sp³-hybridized carbons (Fsp3) is 0.682. The summed E-state index contributed by atoms with van der Waals surface area (Å²) in [6.45, 7) is 9.21. The van der Waals surface area contributed by atoms with Gasteiger partial charge in [-0.25, -0.2) is 8.42 Å². The lowest BCUT2D eigenvalue weighted by molar-refractivity contribution is -0.121. The van der Waals surface area contributed by atoms with Gasteiger partial charge >= 0.3 is 0 Å². The van der Waals surface area contributed by atoms with Gasteiger partial charge in [0.15, 0.2) is 0 Å². The van der Waals surface area contributed by atoms with Crippen LogP contribution in [0.15, 0.2) is 29.2 Å². The van der Waals surface area contributed by atoms with Crippen molar-refractivity contribution in [3.63, 3.8) is 0 Å². The molecule has 0 aliphatic carbocycles. The van der Waals surface area contributed by atoms with Gasteiger partial charge in [0.25, 0.3) is 0 Å². The lowest BCUT2D eigenvalue weighted by atomic mass is 10.0. The number of carbonyl (C=O) groups is 1. The molecule has 0 radical (unpaired) electrons. The van der Waals surface area contributed by atoms with E-state index in [2.05, 4.69) is 29.4 Å². The Morgan fingerprint density at radius 2 is 1.57 bits per heavy atom. The van der Waals surface area contributed by atoms with Crippen LogP contribution in [0.4, 0.5) is 5.69 Å². The highest BCUT2D eigenvalue weighted by Gasteiger charge is 2.28. The molecule has 1 atom stereocenters. The maximum Gasteiger partial charge on any atom is 0.243 e. The number of benzene rings is 1. The number of likely N-dealkylation sites (tertiary alicyclic amines) is 1. The topological polar surface area (TPSA) is 81.8 Å². The third-order valence-electron chi connectivity index (χ3n) is 6.10. The monoisotopic (exact) mass is 436 g/mol. The van der Waals surface area contributed by atoms with Crippen LogP contribution in [0, 0.1) is 0 Å². The second-order valence-corrected chi connectivity index (χ2v) is 10.7. The molecule has 1 amide bonds. The molecule has 0 bridgehead atoms. The van der Waals surface area contributed by atoms with E-state index in [4.69, 9.17) is 0 Å². The second-order valence-electron chi connectivity index (χ2n) is 8.79. The molecule has 2 N–H and O–H groups in total. The van der Waals surface area contributed by atoms with E-state index in [1.165, 1.54) is 0 Å². The van der Waals surface area contributed by atoms with E-state index in [0.29, 0.717) is 30.9 Å². The van der Waals surface area contributed by atoms with E-state index in [1.807, 2.05) is 6.92 Å². The van der Waals surface area contributed by atoms with Crippen molar-refractivity contribution in [3.05, 3.63) is 24.3 Å². The van der Waals surface area contributed by atoms with Gasteiger partial charge < -0.3 is 10.6 Å². The van der Waals surface area contributed by atoms with E-state index in [1.54, 1.807) is 28.6 Å². The SMILES string of the molecule is CC(C)NC1CCN(C(C)C(=O)Nc2ccc(S(=O)(=O)N3CCCCC3)cc2)CC1.